The third-order valence-corrected chi connectivity index (χ3v) is 5.64. The molecule has 134 valence electrons. The summed E-state index contributed by atoms with van der Waals surface area (Å²) in [5.74, 6) is -0.335. The number of fused-ring (bicyclic) bond motifs is 2. The maximum absolute atomic E-state index is 12.8. The molecule has 0 radical (unpaired) electrons. The highest BCUT2D eigenvalue weighted by atomic mass is 32.1. The molecule has 2 aliphatic rings. The normalized spacial score (nSPS) is 15.8. The van der Waals surface area contributed by atoms with Crippen LogP contribution in [-0.4, -0.2) is 29.9 Å². The zero-order chi connectivity index (χ0) is 18.1. The lowest BCUT2D eigenvalue weighted by Crippen LogP contribution is -2.35. The second kappa shape index (κ2) is 7.01. The summed E-state index contributed by atoms with van der Waals surface area (Å²) >= 11 is 1.46. The highest BCUT2D eigenvalue weighted by molar-refractivity contribution is 7.15. The summed E-state index contributed by atoms with van der Waals surface area (Å²) in [5.41, 5.74) is 3.29. The highest BCUT2D eigenvalue weighted by Gasteiger charge is 2.25. The Bertz CT molecular complexity index is 867. The number of rotatable bonds is 3. The van der Waals surface area contributed by atoms with Crippen molar-refractivity contribution in [2.45, 2.75) is 25.9 Å². The van der Waals surface area contributed by atoms with Gasteiger partial charge in [-0.25, -0.2) is 4.98 Å². The molecule has 6 nitrogen and oxygen atoms in total. The van der Waals surface area contributed by atoms with Gasteiger partial charge in [0.1, 0.15) is 0 Å². The number of nitrogens with one attached hydrogen (secondary N) is 1. The quantitative estimate of drug-likeness (QED) is 0.845. The fourth-order valence-electron chi connectivity index (χ4n) is 3.42. The minimum atomic E-state index is -0.193. The van der Waals surface area contributed by atoms with Crippen LogP contribution in [0.1, 0.15) is 32.9 Å². The van der Waals surface area contributed by atoms with E-state index in [9.17, 15) is 9.59 Å². The molecule has 1 aromatic heterocycles. The Labute approximate surface area is 155 Å². The summed E-state index contributed by atoms with van der Waals surface area (Å²) in [4.78, 5) is 32.2. The van der Waals surface area contributed by atoms with E-state index in [0.29, 0.717) is 30.5 Å². The van der Waals surface area contributed by atoms with E-state index in [2.05, 4.69) is 16.9 Å². The van der Waals surface area contributed by atoms with E-state index in [1.54, 1.807) is 11.0 Å². The monoisotopic (exact) mass is 369 g/mol. The summed E-state index contributed by atoms with van der Waals surface area (Å²) in [6, 6.07) is 5.49. The predicted molar refractivity (Wildman–Crippen MR) is 101 cm³/mol. The van der Waals surface area contributed by atoms with Crippen LogP contribution < -0.4 is 10.2 Å². The van der Waals surface area contributed by atoms with Gasteiger partial charge in [-0.2, -0.15) is 0 Å². The van der Waals surface area contributed by atoms with Crippen LogP contribution >= 0.6 is 11.3 Å². The number of hydrogen-bond donors (Lipinski definition) is 1. The van der Waals surface area contributed by atoms with Crippen molar-refractivity contribution in [2.75, 3.05) is 23.4 Å². The fourth-order valence-corrected chi connectivity index (χ4v) is 4.36. The van der Waals surface area contributed by atoms with Gasteiger partial charge in [0.05, 0.1) is 23.8 Å². The molecule has 0 bridgehead atoms. The van der Waals surface area contributed by atoms with Crippen LogP contribution in [0.2, 0.25) is 0 Å². The second-order valence-electron chi connectivity index (χ2n) is 6.25. The number of thiazole rings is 1. The summed E-state index contributed by atoms with van der Waals surface area (Å²) in [7, 11) is 0. The molecule has 0 unspecified atom stereocenters. The van der Waals surface area contributed by atoms with Crippen LogP contribution in [0.4, 0.5) is 10.8 Å². The van der Waals surface area contributed by atoms with Crippen molar-refractivity contribution in [2.24, 2.45) is 0 Å². The van der Waals surface area contributed by atoms with Crippen LogP contribution in [0.15, 0.2) is 30.9 Å². The van der Waals surface area contributed by atoms with Gasteiger partial charge in [0.15, 0.2) is 5.13 Å². The number of nitrogens with zero attached hydrogens (tertiary/aromatic N) is 2. The molecule has 2 aromatic rings. The smallest absolute Gasteiger partial charge is 0.257 e. The van der Waals surface area contributed by atoms with Gasteiger partial charge in [-0.05, 0) is 36.6 Å². The molecule has 1 aromatic carbocycles. The van der Waals surface area contributed by atoms with E-state index < -0.39 is 0 Å². The lowest BCUT2D eigenvalue weighted by molar-refractivity contribution is -0.114. The Morgan fingerprint density at radius 1 is 1.35 bits per heavy atom. The lowest BCUT2D eigenvalue weighted by Gasteiger charge is -2.29. The summed E-state index contributed by atoms with van der Waals surface area (Å²) in [6.45, 7) is 5.44. The number of carbonyl (C=O) groups is 2. The number of hydrogen-bond acceptors (Lipinski definition) is 5. The van der Waals surface area contributed by atoms with E-state index in [0.717, 1.165) is 41.1 Å². The Balaban J connectivity index is 1.61. The van der Waals surface area contributed by atoms with Crippen molar-refractivity contribution >= 4 is 34.0 Å². The van der Waals surface area contributed by atoms with Crippen molar-refractivity contribution in [1.29, 1.82) is 0 Å². The maximum Gasteiger partial charge on any atom is 0.257 e. The molecule has 0 fully saturated rings. The number of ether oxygens (including phenoxy) is 1. The Hall–Kier alpha value is -2.51. The van der Waals surface area contributed by atoms with Gasteiger partial charge in [-0.15, -0.1) is 0 Å². The average Bonchev–Trinajstić information content (AvgIpc) is 3.08. The van der Waals surface area contributed by atoms with Crippen LogP contribution in [-0.2, 0) is 29.0 Å². The maximum atomic E-state index is 12.8. The molecule has 4 rings (SSSR count). The van der Waals surface area contributed by atoms with Crippen molar-refractivity contribution in [3.63, 3.8) is 0 Å². The number of aromatic nitrogens is 1. The first-order chi connectivity index (χ1) is 12.7. The first-order valence-corrected chi connectivity index (χ1v) is 9.42. The largest absolute Gasteiger partial charge is 0.375 e. The third kappa shape index (κ3) is 3.04. The van der Waals surface area contributed by atoms with Crippen molar-refractivity contribution < 1.29 is 14.3 Å². The molecule has 0 spiro atoms. The van der Waals surface area contributed by atoms with Gasteiger partial charge in [-0.1, -0.05) is 24.0 Å². The minimum Gasteiger partial charge on any atom is -0.375 e. The lowest BCUT2D eigenvalue weighted by atomic mass is 9.95. The predicted octanol–water partition coefficient (Wildman–Crippen LogP) is 2.93. The zero-order valence-corrected chi connectivity index (χ0v) is 15.1. The van der Waals surface area contributed by atoms with Gasteiger partial charge >= 0.3 is 0 Å². The van der Waals surface area contributed by atoms with Crippen molar-refractivity contribution in [1.82, 2.24) is 4.98 Å². The minimum absolute atomic E-state index is 0.142. The third-order valence-electron chi connectivity index (χ3n) is 4.65. The zero-order valence-electron chi connectivity index (χ0n) is 14.3. The van der Waals surface area contributed by atoms with Gasteiger partial charge in [-0.3, -0.25) is 14.9 Å². The summed E-state index contributed by atoms with van der Waals surface area (Å²) < 4.78 is 5.43. The van der Waals surface area contributed by atoms with E-state index in [4.69, 9.17) is 4.74 Å². The molecule has 1 N–H and O–H groups in total. The van der Waals surface area contributed by atoms with E-state index >= 15 is 0 Å². The van der Waals surface area contributed by atoms with Gasteiger partial charge in [0.25, 0.3) is 5.91 Å². The van der Waals surface area contributed by atoms with Crippen molar-refractivity contribution in [3.8, 4) is 0 Å². The van der Waals surface area contributed by atoms with Crippen molar-refractivity contribution in [3.05, 3.63) is 52.6 Å². The molecule has 0 saturated heterocycles. The summed E-state index contributed by atoms with van der Waals surface area (Å²) in [5, 5.41) is 3.51. The molecule has 2 amide bonds. The molecule has 7 heteroatoms. The van der Waals surface area contributed by atoms with Crippen LogP contribution in [0.3, 0.4) is 0 Å². The van der Waals surface area contributed by atoms with E-state index in [1.807, 2.05) is 12.1 Å². The summed E-state index contributed by atoms with van der Waals surface area (Å²) in [6.07, 6.45) is 3.67. The Morgan fingerprint density at radius 3 is 3.04 bits per heavy atom. The molecule has 0 saturated carbocycles. The number of benzene rings is 1. The van der Waals surface area contributed by atoms with Crippen LogP contribution in [0.5, 0.6) is 0 Å². The molecule has 2 aliphatic heterocycles. The molecule has 26 heavy (non-hydrogen) atoms. The Morgan fingerprint density at radius 2 is 2.23 bits per heavy atom. The van der Waals surface area contributed by atoms with E-state index in [-0.39, 0.29) is 11.8 Å². The van der Waals surface area contributed by atoms with Gasteiger partial charge in [0, 0.05) is 24.2 Å². The molecule has 0 atom stereocenters. The Kier molecular flexibility index (Phi) is 4.57. The first-order valence-electron chi connectivity index (χ1n) is 8.61. The number of carbonyl (C=O) groups excluding carboxylic acids is 2. The van der Waals surface area contributed by atoms with Gasteiger partial charge in [0.2, 0.25) is 5.91 Å². The fraction of sp³-hybridized carbons (Fsp3) is 0.316. The first kappa shape index (κ1) is 16.9. The SMILES string of the molecule is C=CC(=O)N1CCCc2c(C(=O)Nc3nc4c(s3)COCC4)cccc21. The molecule has 3 heterocycles. The molecular weight excluding hydrogens is 350 g/mol. The number of amides is 2. The van der Waals surface area contributed by atoms with Crippen LogP contribution in [0, 0.1) is 0 Å². The topological polar surface area (TPSA) is 71.5 Å². The van der Waals surface area contributed by atoms with Crippen LogP contribution in [0.25, 0.3) is 0 Å². The average molecular weight is 369 g/mol. The highest BCUT2D eigenvalue weighted by Crippen LogP contribution is 2.32. The molecular formula is C19H19N3O3S. The van der Waals surface area contributed by atoms with E-state index in [1.165, 1.54) is 17.4 Å². The standard InChI is InChI=1S/C19H19N3O3S/c1-2-17(23)22-9-4-6-12-13(5-3-7-15(12)22)18(24)21-19-20-14-8-10-25-11-16(14)26-19/h2-3,5,7H,1,4,6,8-11H2,(H,20,21,24). The second-order valence-corrected chi connectivity index (χ2v) is 7.33. The molecule has 0 aliphatic carbocycles. The number of anilines is 2. The van der Waals surface area contributed by atoms with Gasteiger partial charge < -0.3 is 9.64 Å².